The number of amides is 1. The fourth-order valence-corrected chi connectivity index (χ4v) is 1.94. The van der Waals surface area contributed by atoms with Crippen molar-refractivity contribution in [1.82, 2.24) is 5.32 Å². The molecule has 0 saturated heterocycles. The van der Waals surface area contributed by atoms with Gasteiger partial charge in [0.1, 0.15) is 6.61 Å². The van der Waals surface area contributed by atoms with Crippen LogP contribution in [0.2, 0.25) is 5.02 Å². The predicted octanol–water partition coefficient (Wildman–Crippen LogP) is 1.97. The summed E-state index contributed by atoms with van der Waals surface area (Å²) >= 11 is 6.03. The van der Waals surface area contributed by atoms with Crippen LogP contribution >= 0.6 is 11.6 Å². The minimum absolute atomic E-state index is 0.0942. The number of carbonyl (C=O) groups is 1. The molecule has 0 heterocycles. The zero-order valence-electron chi connectivity index (χ0n) is 9.87. The van der Waals surface area contributed by atoms with Crippen molar-refractivity contribution < 1.29 is 9.90 Å². The van der Waals surface area contributed by atoms with Gasteiger partial charge in [0, 0.05) is 17.2 Å². The van der Waals surface area contributed by atoms with Gasteiger partial charge in [-0.15, -0.1) is 0 Å². The van der Waals surface area contributed by atoms with E-state index in [1.54, 1.807) is 18.2 Å². The van der Waals surface area contributed by atoms with Gasteiger partial charge in [-0.1, -0.05) is 23.4 Å². The first-order valence-corrected chi connectivity index (χ1v) is 6.28. The van der Waals surface area contributed by atoms with Crippen molar-refractivity contribution >= 4 is 17.5 Å². The molecule has 0 bridgehead atoms. The standard InChI is InChI=1S/C14H14ClNO2/c15-13-9-11(7-6-10(13)3-2-8-17)14(18)16-12-4-1-5-12/h6-7,9,12,17H,1,4-5,8H2,(H,16,18). The van der Waals surface area contributed by atoms with E-state index in [0.717, 1.165) is 12.8 Å². The third-order valence-corrected chi connectivity index (χ3v) is 3.29. The lowest BCUT2D eigenvalue weighted by molar-refractivity contribution is 0.0917. The Labute approximate surface area is 111 Å². The van der Waals surface area contributed by atoms with Crippen LogP contribution in [0.1, 0.15) is 35.2 Å². The van der Waals surface area contributed by atoms with Gasteiger partial charge in [0.15, 0.2) is 0 Å². The monoisotopic (exact) mass is 263 g/mol. The van der Waals surface area contributed by atoms with E-state index in [-0.39, 0.29) is 12.5 Å². The molecular weight excluding hydrogens is 250 g/mol. The molecule has 2 N–H and O–H groups in total. The molecular formula is C14H14ClNO2. The topological polar surface area (TPSA) is 49.3 Å². The number of halogens is 1. The molecule has 1 aliphatic rings. The van der Waals surface area contributed by atoms with E-state index < -0.39 is 0 Å². The number of hydrogen-bond donors (Lipinski definition) is 2. The molecule has 1 fully saturated rings. The van der Waals surface area contributed by atoms with E-state index >= 15 is 0 Å². The second kappa shape index (κ2) is 5.90. The molecule has 18 heavy (non-hydrogen) atoms. The highest BCUT2D eigenvalue weighted by Gasteiger charge is 2.20. The number of rotatable bonds is 2. The van der Waals surface area contributed by atoms with Crippen molar-refractivity contribution in [1.29, 1.82) is 0 Å². The van der Waals surface area contributed by atoms with Crippen molar-refractivity contribution in [3.8, 4) is 11.8 Å². The second-order valence-corrected chi connectivity index (χ2v) is 4.66. The van der Waals surface area contributed by atoms with Gasteiger partial charge < -0.3 is 10.4 Å². The molecule has 0 atom stereocenters. The first kappa shape index (κ1) is 12.9. The van der Waals surface area contributed by atoms with Crippen LogP contribution in [0, 0.1) is 11.8 Å². The summed E-state index contributed by atoms with van der Waals surface area (Å²) in [5, 5.41) is 12.0. The molecule has 1 amide bonds. The van der Waals surface area contributed by atoms with E-state index in [9.17, 15) is 4.79 Å². The van der Waals surface area contributed by atoms with Gasteiger partial charge in [-0.05, 0) is 37.5 Å². The number of aliphatic hydroxyl groups excluding tert-OH is 1. The summed E-state index contributed by atoms with van der Waals surface area (Å²) in [4.78, 5) is 11.9. The van der Waals surface area contributed by atoms with Crippen LogP contribution in [0.3, 0.4) is 0 Å². The summed E-state index contributed by atoms with van der Waals surface area (Å²) in [6, 6.07) is 5.31. The molecule has 3 nitrogen and oxygen atoms in total. The Balaban J connectivity index is 2.09. The quantitative estimate of drug-likeness (QED) is 0.802. The van der Waals surface area contributed by atoms with Crippen molar-refractivity contribution in [2.24, 2.45) is 0 Å². The molecule has 94 valence electrons. The average molecular weight is 264 g/mol. The van der Waals surface area contributed by atoms with Crippen LogP contribution in [0.25, 0.3) is 0 Å². The maximum absolute atomic E-state index is 11.9. The Hall–Kier alpha value is -1.50. The number of aliphatic hydroxyl groups is 1. The van der Waals surface area contributed by atoms with Gasteiger partial charge in [-0.2, -0.15) is 0 Å². The molecule has 2 rings (SSSR count). The Morgan fingerprint density at radius 1 is 1.50 bits per heavy atom. The van der Waals surface area contributed by atoms with Gasteiger partial charge in [-0.3, -0.25) is 4.79 Å². The molecule has 1 aromatic rings. The molecule has 0 radical (unpaired) electrons. The highest BCUT2D eigenvalue weighted by molar-refractivity contribution is 6.32. The lowest BCUT2D eigenvalue weighted by atomic mass is 9.93. The summed E-state index contributed by atoms with van der Waals surface area (Å²) in [5.74, 6) is 5.16. The number of nitrogens with one attached hydrogen (secondary N) is 1. The Bertz CT molecular complexity index is 512. The number of benzene rings is 1. The predicted molar refractivity (Wildman–Crippen MR) is 70.5 cm³/mol. The molecule has 1 aromatic carbocycles. The first-order chi connectivity index (χ1) is 8.70. The average Bonchev–Trinajstić information content (AvgIpc) is 2.32. The Morgan fingerprint density at radius 3 is 2.83 bits per heavy atom. The smallest absolute Gasteiger partial charge is 0.251 e. The molecule has 0 aliphatic heterocycles. The SMILES string of the molecule is O=C(NC1CCC1)c1ccc(C#CCO)c(Cl)c1. The molecule has 0 spiro atoms. The number of hydrogen-bond acceptors (Lipinski definition) is 2. The summed E-state index contributed by atoms with van der Waals surface area (Å²) in [5.41, 5.74) is 1.16. The minimum Gasteiger partial charge on any atom is -0.384 e. The minimum atomic E-state index is -0.208. The molecule has 0 unspecified atom stereocenters. The summed E-state index contributed by atoms with van der Waals surface area (Å²) in [6.07, 6.45) is 3.29. The lowest BCUT2D eigenvalue weighted by Gasteiger charge is -2.26. The van der Waals surface area contributed by atoms with Gasteiger partial charge in [0.05, 0.1) is 5.02 Å². The Kier molecular flexibility index (Phi) is 4.24. The van der Waals surface area contributed by atoms with Gasteiger partial charge in [-0.25, -0.2) is 0 Å². The van der Waals surface area contributed by atoms with E-state index in [0.29, 0.717) is 22.2 Å². The second-order valence-electron chi connectivity index (χ2n) is 4.26. The third kappa shape index (κ3) is 3.04. The Morgan fingerprint density at radius 2 is 2.28 bits per heavy atom. The zero-order chi connectivity index (χ0) is 13.0. The summed E-state index contributed by atoms with van der Waals surface area (Å²) in [6.45, 7) is -0.208. The number of carbonyl (C=O) groups excluding carboxylic acids is 1. The molecule has 0 aromatic heterocycles. The van der Waals surface area contributed by atoms with Crippen LogP contribution < -0.4 is 5.32 Å². The molecule has 4 heteroatoms. The third-order valence-electron chi connectivity index (χ3n) is 2.97. The van der Waals surface area contributed by atoms with Crippen LogP contribution in [0.5, 0.6) is 0 Å². The first-order valence-electron chi connectivity index (χ1n) is 5.91. The van der Waals surface area contributed by atoms with E-state index in [1.165, 1.54) is 6.42 Å². The van der Waals surface area contributed by atoms with Crippen molar-refractivity contribution in [2.75, 3.05) is 6.61 Å². The van der Waals surface area contributed by atoms with Crippen LogP contribution in [-0.4, -0.2) is 23.7 Å². The lowest BCUT2D eigenvalue weighted by Crippen LogP contribution is -2.39. The summed E-state index contributed by atoms with van der Waals surface area (Å²) in [7, 11) is 0. The maximum atomic E-state index is 11.9. The van der Waals surface area contributed by atoms with Gasteiger partial charge in [0.25, 0.3) is 5.91 Å². The van der Waals surface area contributed by atoms with Crippen LogP contribution in [0.4, 0.5) is 0 Å². The normalized spacial score (nSPS) is 14.3. The van der Waals surface area contributed by atoms with Gasteiger partial charge in [0.2, 0.25) is 0 Å². The molecule has 1 aliphatic carbocycles. The highest BCUT2D eigenvalue weighted by atomic mass is 35.5. The van der Waals surface area contributed by atoms with E-state index in [4.69, 9.17) is 16.7 Å². The zero-order valence-corrected chi connectivity index (χ0v) is 10.6. The van der Waals surface area contributed by atoms with Gasteiger partial charge >= 0.3 is 0 Å². The van der Waals surface area contributed by atoms with Crippen LogP contribution in [-0.2, 0) is 0 Å². The fraction of sp³-hybridized carbons (Fsp3) is 0.357. The van der Waals surface area contributed by atoms with E-state index in [2.05, 4.69) is 17.2 Å². The van der Waals surface area contributed by atoms with Crippen molar-refractivity contribution in [3.05, 3.63) is 34.3 Å². The van der Waals surface area contributed by atoms with Crippen LogP contribution in [0.15, 0.2) is 18.2 Å². The van der Waals surface area contributed by atoms with Crippen molar-refractivity contribution in [3.63, 3.8) is 0 Å². The largest absolute Gasteiger partial charge is 0.384 e. The fourth-order valence-electron chi connectivity index (χ4n) is 1.71. The highest BCUT2D eigenvalue weighted by Crippen LogP contribution is 2.20. The summed E-state index contributed by atoms with van der Waals surface area (Å²) < 4.78 is 0. The molecule has 1 saturated carbocycles. The van der Waals surface area contributed by atoms with Crippen molar-refractivity contribution in [2.45, 2.75) is 25.3 Å². The van der Waals surface area contributed by atoms with E-state index in [1.807, 2.05) is 0 Å². The maximum Gasteiger partial charge on any atom is 0.251 e.